The van der Waals surface area contributed by atoms with Gasteiger partial charge in [-0.1, -0.05) is 38.8 Å². The average Bonchev–Trinajstić information content (AvgIpc) is 2.71. The topological polar surface area (TPSA) is 66.8 Å². The van der Waals surface area contributed by atoms with E-state index < -0.39 is 11.6 Å². The Morgan fingerprint density at radius 1 is 1.04 bits per heavy atom. The van der Waals surface area contributed by atoms with Crippen LogP contribution in [0.15, 0.2) is 24.3 Å². The zero-order chi connectivity index (χ0) is 20.4. The number of aliphatic hydroxyl groups is 2. The lowest BCUT2D eigenvalue weighted by molar-refractivity contribution is -0.183. The molecule has 158 valence electrons. The van der Waals surface area contributed by atoms with E-state index >= 15 is 0 Å². The lowest BCUT2D eigenvalue weighted by Gasteiger charge is -2.28. The zero-order valence-corrected chi connectivity index (χ0v) is 17.7. The quantitative estimate of drug-likeness (QED) is 0.372. The minimum Gasteiger partial charge on any atom is -0.494 e. The normalized spacial score (nSPS) is 20.1. The highest BCUT2D eigenvalue weighted by Gasteiger charge is 2.29. The molecule has 1 fully saturated rings. The van der Waals surface area contributed by atoms with Crippen molar-refractivity contribution in [2.45, 2.75) is 96.2 Å². The van der Waals surface area contributed by atoms with Gasteiger partial charge in [0.25, 0.3) is 0 Å². The second-order valence-electron chi connectivity index (χ2n) is 8.33. The van der Waals surface area contributed by atoms with Crippen LogP contribution in [0.4, 0.5) is 0 Å². The van der Waals surface area contributed by atoms with Crippen LogP contribution in [-0.4, -0.2) is 28.4 Å². The van der Waals surface area contributed by atoms with E-state index in [9.17, 15) is 15.0 Å². The molecule has 28 heavy (non-hydrogen) atoms. The zero-order valence-electron chi connectivity index (χ0n) is 17.7. The Bertz CT molecular complexity index is 571. The highest BCUT2D eigenvalue weighted by atomic mass is 16.5. The van der Waals surface area contributed by atoms with Gasteiger partial charge >= 0.3 is 0 Å². The Labute approximate surface area is 170 Å². The molecule has 1 aromatic rings. The number of Topliss-reactive ketones (excluding diaryl/α,β-unsaturated/α-hetero) is 1. The van der Waals surface area contributed by atoms with E-state index in [1.807, 2.05) is 0 Å². The van der Waals surface area contributed by atoms with Gasteiger partial charge in [0.1, 0.15) is 5.75 Å². The number of unbranched alkanes of at least 4 members (excludes halogenated alkanes) is 2. The van der Waals surface area contributed by atoms with Crippen LogP contribution in [0, 0.1) is 5.92 Å². The van der Waals surface area contributed by atoms with Gasteiger partial charge in [0.05, 0.1) is 6.61 Å². The molecule has 0 atom stereocenters. The number of hydrogen-bond donors (Lipinski definition) is 2. The Morgan fingerprint density at radius 2 is 1.71 bits per heavy atom. The van der Waals surface area contributed by atoms with E-state index in [1.54, 1.807) is 6.92 Å². The molecule has 0 amide bonds. The Hall–Kier alpha value is -1.39. The first kappa shape index (κ1) is 22.9. The molecule has 0 bridgehead atoms. The van der Waals surface area contributed by atoms with Crippen molar-refractivity contribution >= 4 is 5.78 Å². The number of ketones is 1. The van der Waals surface area contributed by atoms with E-state index in [-0.39, 0.29) is 12.8 Å². The van der Waals surface area contributed by atoms with Crippen molar-refractivity contribution in [3.8, 4) is 5.75 Å². The molecule has 0 aliphatic heterocycles. The summed E-state index contributed by atoms with van der Waals surface area (Å²) in [6.07, 6.45) is 10.6. The summed E-state index contributed by atoms with van der Waals surface area (Å²) in [6, 6.07) is 8.57. The van der Waals surface area contributed by atoms with Gasteiger partial charge in [-0.2, -0.15) is 0 Å². The first-order chi connectivity index (χ1) is 13.5. The van der Waals surface area contributed by atoms with Gasteiger partial charge in [-0.25, -0.2) is 0 Å². The summed E-state index contributed by atoms with van der Waals surface area (Å²) >= 11 is 0. The van der Waals surface area contributed by atoms with Crippen molar-refractivity contribution in [2.75, 3.05) is 6.61 Å². The molecule has 1 aliphatic carbocycles. The molecular weight excluding hydrogens is 352 g/mol. The standard InChI is InChI=1S/C24H38O4/c1-3-8-19-10-12-20(13-11-19)21-14-16-22(17-15-21)28-18-7-5-6-9-23(25)24(26,27)4-2/h14-17,19-20,26-27H,3-13,18H2,1-2H3. The number of carbonyl (C=O) groups is 1. The van der Waals surface area contributed by atoms with Crippen LogP contribution >= 0.6 is 0 Å². The van der Waals surface area contributed by atoms with Crippen molar-refractivity contribution < 1.29 is 19.7 Å². The molecule has 0 aromatic heterocycles. The molecule has 1 aliphatic rings. The predicted octanol–water partition coefficient (Wildman–Crippen LogP) is 5.36. The van der Waals surface area contributed by atoms with Gasteiger partial charge < -0.3 is 14.9 Å². The fourth-order valence-corrected chi connectivity index (χ4v) is 4.18. The van der Waals surface area contributed by atoms with Crippen LogP contribution in [0.5, 0.6) is 5.75 Å². The van der Waals surface area contributed by atoms with Gasteiger partial charge in [0.2, 0.25) is 5.79 Å². The molecule has 2 N–H and O–H groups in total. The summed E-state index contributed by atoms with van der Waals surface area (Å²) in [6.45, 7) is 4.49. The third kappa shape index (κ3) is 7.21. The first-order valence-electron chi connectivity index (χ1n) is 11.2. The molecule has 2 rings (SSSR count). The SMILES string of the molecule is CCCC1CCC(c2ccc(OCCCCCC(=O)C(O)(O)CC)cc2)CC1. The molecule has 0 heterocycles. The fourth-order valence-electron chi connectivity index (χ4n) is 4.18. The molecule has 4 nitrogen and oxygen atoms in total. The van der Waals surface area contributed by atoms with E-state index in [1.165, 1.54) is 44.1 Å². The Kier molecular flexibility index (Phi) is 9.46. The third-order valence-corrected chi connectivity index (χ3v) is 6.15. The van der Waals surface area contributed by atoms with E-state index in [2.05, 4.69) is 31.2 Å². The van der Waals surface area contributed by atoms with Crippen molar-refractivity contribution in [3.63, 3.8) is 0 Å². The maximum atomic E-state index is 11.6. The van der Waals surface area contributed by atoms with E-state index in [0.29, 0.717) is 18.9 Å². The number of ether oxygens (including phenoxy) is 1. The minimum absolute atomic E-state index is 0.0329. The second-order valence-corrected chi connectivity index (χ2v) is 8.33. The highest BCUT2D eigenvalue weighted by Crippen LogP contribution is 2.37. The molecule has 1 aromatic carbocycles. The van der Waals surface area contributed by atoms with E-state index in [0.717, 1.165) is 24.5 Å². The van der Waals surface area contributed by atoms with Crippen LogP contribution in [-0.2, 0) is 4.79 Å². The fraction of sp³-hybridized carbons (Fsp3) is 0.708. The van der Waals surface area contributed by atoms with Gasteiger partial charge in [-0.05, 0) is 74.5 Å². The minimum atomic E-state index is -2.16. The molecular formula is C24H38O4. The Balaban J connectivity index is 1.62. The van der Waals surface area contributed by atoms with Gasteiger partial charge in [-0.15, -0.1) is 0 Å². The molecule has 0 unspecified atom stereocenters. The predicted molar refractivity (Wildman–Crippen MR) is 112 cm³/mol. The lowest BCUT2D eigenvalue weighted by Crippen LogP contribution is -2.37. The first-order valence-corrected chi connectivity index (χ1v) is 11.2. The maximum absolute atomic E-state index is 11.6. The smallest absolute Gasteiger partial charge is 0.223 e. The molecule has 1 saturated carbocycles. The van der Waals surface area contributed by atoms with Crippen molar-refractivity contribution in [1.29, 1.82) is 0 Å². The summed E-state index contributed by atoms with van der Waals surface area (Å²) in [7, 11) is 0. The summed E-state index contributed by atoms with van der Waals surface area (Å²) in [5.41, 5.74) is 1.44. The summed E-state index contributed by atoms with van der Waals surface area (Å²) < 4.78 is 5.81. The number of benzene rings is 1. The molecule has 0 saturated heterocycles. The number of rotatable bonds is 12. The van der Waals surface area contributed by atoms with E-state index in [4.69, 9.17) is 4.74 Å². The van der Waals surface area contributed by atoms with Crippen LogP contribution in [0.2, 0.25) is 0 Å². The third-order valence-electron chi connectivity index (χ3n) is 6.15. The highest BCUT2D eigenvalue weighted by molar-refractivity contribution is 5.85. The lowest BCUT2D eigenvalue weighted by atomic mass is 9.77. The average molecular weight is 391 g/mol. The van der Waals surface area contributed by atoms with Gasteiger partial charge in [0.15, 0.2) is 5.78 Å². The summed E-state index contributed by atoms with van der Waals surface area (Å²) in [5, 5.41) is 19.0. The van der Waals surface area contributed by atoms with Crippen LogP contribution < -0.4 is 4.74 Å². The monoisotopic (exact) mass is 390 g/mol. The summed E-state index contributed by atoms with van der Waals surface area (Å²) in [4.78, 5) is 11.6. The summed E-state index contributed by atoms with van der Waals surface area (Å²) in [5.74, 6) is -0.112. The molecule has 0 radical (unpaired) electrons. The van der Waals surface area contributed by atoms with Gasteiger partial charge in [0, 0.05) is 12.8 Å². The van der Waals surface area contributed by atoms with Crippen LogP contribution in [0.1, 0.15) is 96.0 Å². The van der Waals surface area contributed by atoms with Crippen molar-refractivity contribution in [1.82, 2.24) is 0 Å². The molecule has 0 spiro atoms. The largest absolute Gasteiger partial charge is 0.494 e. The molecule has 4 heteroatoms. The maximum Gasteiger partial charge on any atom is 0.223 e. The second kappa shape index (κ2) is 11.6. The van der Waals surface area contributed by atoms with Crippen LogP contribution in [0.3, 0.4) is 0 Å². The van der Waals surface area contributed by atoms with Crippen LogP contribution in [0.25, 0.3) is 0 Å². The van der Waals surface area contributed by atoms with Crippen molar-refractivity contribution in [2.24, 2.45) is 5.92 Å². The number of carbonyl (C=O) groups excluding carboxylic acids is 1. The van der Waals surface area contributed by atoms with Crippen molar-refractivity contribution in [3.05, 3.63) is 29.8 Å². The Morgan fingerprint density at radius 3 is 2.32 bits per heavy atom. The van der Waals surface area contributed by atoms with Gasteiger partial charge in [-0.3, -0.25) is 4.79 Å². The number of hydrogen-bond acceptors (Lipinski definition) is 4.